The first kappa shape index (κ1) is 24.8. The maximum atomic E-state index is 13.3. The van der Waals surface area contributed by atoms with Crippen LogP contribution in [0.5, 0.6) is 5.75 Å². The minimum Gasteiger partial charge on any atom is -0.495 e. The molecule has 0 unspecified atom stereocenters. The molecule has 1 heterocycles. The molecule has 184 valence electrons. The van der Waals surface area contributed by atoms with Crippen LogP contribution in [0.15, 0.2) is 71.6 Å². The molecular formula is C27H31N3O4S. The van der Waals surface area contributed by atoms with Gasteiger partial charge in [-0.05, 0) is 53.8 Å². The average Bonchev–Trinajstić information content (AvgIpc) is 2.87. The summed E-state index contributed by atoms with van der Waals surface area (Å²) in [5.74, 6) is -0.148. The number of benzene rings is 3. The summed E-state index contributed by atoms with van der Waals surface area (Å²) in [4.78, 5) is 15.1. The third kappa shape index (κ3) is 5.49. The number of fused-ring (bicyclic) bond motifs is 1. The lowest BCUT2D eigenvalue weighted by molar-refractivity contribution is 0.0950. The zero-order valence-electron chi connectivity index (χ0n) is 20.3. The van der Waals surface area contributed by atoms with Gasteiger partial charge in [-0.1, -0.05) is 42.5 Å². The highest BCUT2D eigenvalue weighted by Gasteiger charge is 2.26. The summed E-state index contributed by atoms with van der Waals surface area (Å²) in [6.45, 7) is 1.61. The Hall–Kier alpha value is -3.36. The van der Waals surface area contributed by atoms with E-state index in [0.29, 0.717) is 6.54 Å². The van der Waals surface area contributed by atoms with Crippen molar-refractivity contribution in [1.82, 2.24) is 9.62 Å². The number of nitrogens with one attached hydrogen (secondary N) is 1. The van der Waals surface area contributed by atoms with Crippen LogP contribution >= 0.6 is 0 Å². The van der Waals surface area contributed by atoms with E-state index in [9.17, 15) is 13.2 Å². The number of carbonyl (C=O) groups excluding carboxylic acids is 1. The molecule has 0 atom stereocenters. The Morgan fingerprint density at radius 1 is 1.06 bits per heavy atom. The van der Waals surface area contributed by atoms with Gasteiger partial charge >= 0.3 is 0 Å². The van der Waals surface area contributed by atoms with Crippen molar-refractivity contribution in [2.24, 2.45) is 0 Å². The number of carbonyl (C=O) groups is 1. The van der Waals surface area contributed by atoms with Crippen LogP contribution in [0.2, 0.25) is 0 Å². The standard InChI is InChI=1S/C27H31N3O4S/c1-29-15-7-10-22-16-21(11-13-24(22)29)18-28-27(31)23-12-14-25(34-3)26(17-23)35(32,33)30(2)19-20-8-5-4-6-9-20/h4-6,8-9,11-14,16-17H,7,10,15,18-19H2,1-3H3,(H,28,31). The predicted molar refractivity (Wildman–Crippen MR) is 137 cm³/mol. The molecule has 8 heteroatoms. The summed E-state index contributed by atoms with van der Waals surface area (Å²) in [5, 5.41) is 2.92. The second kappa shape index (κ2) is 10.5. The minimum absolute atomic E-state index is 0.0390. The molecule has 3 aromatic rings. The lowest BCUT2D eigenvalue weighted by atomic mass is 9.99. The Kier molecular flexibility index (Phi) is 7.42. The number of sulfonamides is 1. The fraction of sp³-hybridized carbons (Fsp3) is 0.296. The highest BCUT2D eigenvalue weighted by molar-refractivity contribution is 7.89. The molecule has 0 bridgehead atoms. The molecule has 0 aliphatic carbocycles. The van der Waals surface area contributed by atoms with Crippen LogP contribution in [0.1, 0.15) is 33.5 Å². The molecule has 1 amide bonds. The Bertz CT molecular complexity index is 1310. The van der Waals surface area contributed by atoms with Crippen LogP contribution in [0, 0.1) is 0 Å². The second-order valence-corrected chi connectivity index (χ2v) is 10.8. The van der Waals surface area contributed by atoms with Gasteiger partial charge in [-0.15, -0.1) is 0 Å². The first-order valence-corrected chi connectivity index (χ1v) is 13.0. The fourth-order valence-electron chi connectivity index (χ4n) is 4.35. The molecule has 1 aliphatic heterocycles. The zero-order chi connectivity index (χ0) is 25.0. The molecule has 3 aromatic carbocycles. The van der Waals surface area contributed by atoms with Crippen LogP contribution in [-0.4, -0.2) is 46.4 Å². The van der Waals surface area contributed by atoms with Gasteiger partial charge in [0.2, 0.25) is 10.0 Å². The predicted octanol–water partition coefficient (Wildman–Crippen LogP) is 3.83. The van der Waals surface area contributed by atoms with E-state index in [4.69, 9.17) is 4.74 Å². The smallest absolute Gasteiger partial charge is 0.251 e. The highest BCUT2D eigenvalue weighted by Crippen LogP contribution is 2.29. The van der Waals surface area contributed by atoms with Crippen LogP contribution in [0.4, 0.5) is 5.69 Å². The molecule has 0 radical (unpaired) electrons. The third-order valence-electron chi connectivity index (χ3n) is 6.31. The van der Waals surface area contributed by atoms with Crippen molar-refractivity contribution in [3.05, 3.63) is 89.0 Å². The molecule has 0 aromatic heterocycles. The molecular weight excluding hydrogens is 462 g/mol. The van der Waals surface area contributed by atoms with E-state index in [1.54, 1.807) is 6.07 Å². The molecule has 0 fully saturated rings. The largest absolute Gasteiger partial charge is 0.495 e. The first-order valence-electron chi connectivity index (χ1n) is 11.6. The van der Waals surface area contributed by atoms with Crippen LogP contribution < -0.4 is 15.0 Å². The quantitative estimate of drug-likeness (QED) is 0.516. The number of ether oxygens (including phenoxy) is 1. The van der Waals surface area contributed by atoms with Crippen molar-refractivity contribution in [2.45, 2.75) is 30.8 Å². The Morgan fingerprint density at radius 3 is 2.57 bits per heavy atom. The molecule has 35 heavy (non-hydrogen) atoms. The molecule has 1 aliphatic rings. The van der Waals surface area contributed by atoms with E-state index in [1.165, 1.54) is 41.8 Å². The van der Waals surface area contributed by atoms with E-state index in [-0.39, 0.29) is 28.7 Å². The monoisotopic (exact) mass is 493 g/mol. The van der Waals surface area contributed by atoms with Gasteiger partial charge < -0.3 is 15.0 Å². The Labute approximate surface area is 207 Å². The number of nitrogens with zero attached hydrogens (tertiary/aromatic N) is 2. The van der Waals surface area contributed by atoms with Gasteiger partial charge in [-0.25, -0.2) is 8.42 Å². The van der Waals surface area contributed by atoms with Gasteiger partial charge in [-0.3, -0.25) is 4.79 Å². The average molecular weight is 494 g/mol. The lowest BCUT2D eigenvalue weighted by Crippen LogP contribution is -2.28. The van der Waals surface area contributed by atoms with Gasteiger partial charge in [0.05, 0.1) is 7.11 Å². The van der Waals surface area contributed by atoms with Crippen molar-refractivity contribution in [2.75, 3.05) is 32.6 Å². The second-order valence-electron chi connectivity index (χ2n) is 8.78. The number of hydrogen-bond acceptors (Lipinski definition) is 5. The van der Waals surface area contributed by atoms with Crippen molar-refractivity contribution < 1.29 is 17.9 Å². The van der Waals surface area contributed by atoms with Gasteiger partial charge in [0.15, 0.2) is 0 Å². The van der Waals surface area contributed by atoms with E-state index in [1.807, 2.05) is 36.4 Å². The summed E-state index contributed by atoms with van der Waals surface area (Å²) in [6, 6.07) is 20.1. The molecule has 7 nitrogen and oxygen atoms in total. The Balaban J connectivity index is 1.51. The Morgan fingerprint density at radius 2 is 1.83 bits per heavy atom. The summed E-state index contributed by atoms with van der Waals surface area (Å²) in [6.07, 6.45) is 2.14. The normalized spacial score (nSPS) is 13.4. The lowest BCUT2D eigenvalue weighted by Gasteiger charge is -2.27. The number of hydrogen-bond donors (Lipinski definition) is 1. The van der Waals surface area contributed by atoms with Crippen LogP contribution in [-0.2, 0) is 29.5 Å². The van der Waals surface area contributed by atoms with E-state index in [0.717, 1.165) is 30.5 Å². The SMILES string of the molecule is COc1ccc(C(=O)NCc2ccc3c(c2)CCCN3C)cc1S(=O)(=O)N(C)Cc1ccccc1. The molecule has 0 saturated heterocycles. The summed E-state index contributed by atoms with van der Waals surface area (Å²) in [5.41, 5.74) is 4.65. The summed E-state index contributed by atoms with van der Waals surface area (Å²) >= 11 is 0. The van der Waals surface area contributed by atoms with Gasteiger partial charge in [-0.2, -0.15) is 4.31 Å². The summed E-state index contributed by atoms with van der Waals surface area (Å²) in [7, 11) is 1.13. The summed E-state index contributed by atoms with van der Waals surface area (Å²) < 4.78 is 33.3. The molecule has 0 spiro atoms. The van der Waals surface area contributed by atoms with Crippen molar-refractivity contribution >= 4 is 21.6 Å². The molecule has 0 saturated carbocycles. The van der Waals surface area contributed by atoms with Crippen molar-refractivity contribution in [3.63, 3.8) is 0 Å². The first-order chi connectivity index (χ1) is 16.8. The number of methoxy groups -OCH3 is 1. The van der Waals surface area contributed by atoms with Gasteiger partial charge in [0.25, 0.3) is 5.91 Å². The van der Waals surface area contributed by atoms with Gasteiger partial charge in [0.1, 0.15) is 10.6 Å². The zero-order valence-corrected chi connectivity index (χ0v) is 21.1. The highest BCUT2D eigenvalue weighted by atomic mass is 32.2. The van der Waals surface area contributed by atoms with Crippen molar-refractivity contribution in [1.29, 1.82) is 0 Å². The molecule has 1 N–H and O–H groups in total. The van der Waals surface area contributed by atoms with Crippen LogP contribution in [0.25, 0.3) is 0 Å². The number of rotatable bonds is 8. The van der Waals surface area contributed by atoms with E-state index >= 15 is 0 Å². The number of amides is 1. The van der Waals surface area contributed by atoms with Crippen molar-refractivity contribution in [3.8, 4) is 5.75 Å². The fourth-order valence-corrected chi connectivity index (χ4v) is 5.68. The topological polar surface area (TPSA) is 79.0 Å². The maximum Gasteiger partial charge on any atom is 0.251 e. The molecule has 4 rings (SSSR count). The number of aryl methyl sites for hydroxylation is 1. The number of anilines is 1. The van der Waals surface area contributed by atoms with E-state index < -0.39 is 10.0 Å². The van der Waals surface area contributed by atoms with Gasteiger partial charge in [0, 0.05) is 45.0 Å². The maximum absolute atomic E-state index is 13.3. The van der Waals surface area contributed by atoms with Crippen LogP contribution in [0.3, 0.4) is 0 Å². The third-order valence-corrected chi connectivity index (χ3v) is 8.13. The minimum atomic E-state index is -3.89. The van der Waals surface area contributed by atoms with E-state index in [2.05, 4.69) is 29.4 Å².